The van der Waals surface area contributed by atoms with E-state index >= 15 is 0 Å². The second kappa shape index (κ2) is 5.01. The summed E-state index contributed by atoms with van der Waals surface area (Å²) < 4.78 is 53.3. The fraction of sp³-hybridized carbons (Fsp3) is 0.320. The van der Waals surface area contributed by atoms with Gasteiger partial charge < -0.3 is 4.42 Å². The van der Waals surface area contributed by atoms with E-state index in [1.807, 2.05) is 18.2 Å². The molecule has 0 atom stereocenters. The largest absolute Gasteiger partial charge is 0.455 e. The highest BCUT2D eigenvalue weighted by atomic mass is 16.3. The van der Waals surface area contributed by atoms with Crippen molar-refractivity contribution >= 4 is 21.9 Å². The zero-order chi connectivity index (χ0) is 24.1. The van der Waals surface area contributed by atoms with E-state index in [1.54, 1.807) is 0 Å². The summed E-state index contributed by atoms with van der Waals surface area (Å²) in [6.45, 7) is 3.79. The standard InChI is InChI=1S/C25H25NO/c1-14-12-19(26-13-15(14)2)16-10-11-18-22-21-17(24(3,4)25(18,5)6)8-7-9-20(21)27-23(16)22/h7-13H,1-6H3/i1D3,2D3. The van der Waals surface area contributed by atoms with Crippen LogP contribution in [0.3, 0.4) is 0 Å². The van der Waals surface area contributed by atoms with E-state index < -0.39 is 13.7 Å². The van der Waals surface area contributed by atoms with Gasteiger partial charge in [-0.15, -0.1) is 0 Å². The number of aromatic nitrogens is 1. The van der Waals surface area contributed by atoms with E-state index in [1.165, 1.54) is 17.2 Å². The minimum atomic E-state index is -2.58. The van der Waals surface area contributed by atoms with Crippen LogP contribution in [0.1, 0.15) is 58.2 Å². The Morgan fingerprint density at radius 1 is 0.889 bits per heavy atom. The van der Waals surface area contributed by atoms with Crippen LogP contribution in [0.15, 0.2) is 47.0 Å². The van der Waals surface area contributed by atoms with Gasteiger partial charge in [0.05, 0.1) is 5.69 Å². The van der Waals surface area contributed by atoms with E-state index in [2.05, 4.69) is 44.8 Å². The van der Waals surface area contributed by atoms with Crippen molar-refractivity contribution in [1.82, 2.24) is 4.98 Å². The Balaban J connectivity index is 1.86. The molecule has 0 radical (unpaired) electrons. The summed E-state index contributed by atoms with van der Waals surface area (Å²) in [5.41, 5.74) is 4.03. The van der Waals surface area contributed by atoms with Crippen molar-refractivity contribution in [3.05, 3.63) is 64.8 Å². The summed E-state index contributed by atoms with van der Waals surface area (Å²) in [5, 5.41) is 2.09. The Labute approximate surface area is 168 Å². The number of hydrogen-bond acceptors (Lipinski definition) is 2. The smallest absolute Gasteiger partial charge is 0.145 e. The Hall–Kier alpha value is -2.61. The lowest BCUT2D eigenvalue weighted by atomic mass is 9.57. The van der Waals surface area contributed by atoms with Crippen LogP contribution < -0.4 is 0 Å². The van der Waals surface area contributed by atoms with Gasteiger partial charge in [0.1, 0.15) is 11.2 Å². The van der Waals surface area contributed by atoms with Gasteiger partial charge in [0.15, 0.2) is 0 Å². The Bertz CT molecular complexity index is 1440. The lowest BCUT2D eigenvalue weighted by molar-refractivity contribution is 0.304. The number of pyridine rings is 1. The van der Waals surface area contributed by atoms with Crippen molar-refractivity contribution in [2.24, 2.45) is 0 Å². The maximum Gasteiger partial charge on any atom is 0.145 e. The van der Waals surface area contributed by atoms with Gasteiger partial charge in [0.25, 0.3) is 0 Å². The van der Waals surface area contributed by atoms with Gasteiger partial charge in [-0.25, -0.2) is 0 Å². The summed E-state index contributed by atoms with van der Waals surface area (Å²) >= 11 is 0. The monoisotopic (exact) mass is 361 g/mol. The second-order valence-corrected chi connectivity index (χ2v) is 8.51. The molecule has 0 bridgehead atoms. The molecule has 2 heterocycles. The van der Waals surface area contributed by atoms with Crippen LogP contribution in [0.2, 0.25) is 0 Å². The molecule has 0 amide bonds. The predicted octanol–water partition coefficient (Wildman–Crippen LogP) is 6.83. The predicted molar refractivity (Wildman–Crippen MR) is 112 cm³/mol. The molecule has 0 saturated heterocycles. The first-order chi connectivity index (χ1) is 15.2. The number of hydrogen-bond donors (Lipinski definition) is 0. The van der Waals surface area contributed by atoms with E-state index in [0.29, 0.717) is 16.8 Å². The Kier molecular flexibility index (Phi) is 2.09. The molecular weight excluding hydrogens is 330 g/mol. The number of aryl methyl sites for hydroxylation is 2. The van der Waals surface area contributed by atoms with Crippen LogP contribution in [0.25, 0.3) is 33.2 Å². The Morgan fingerprint density at radius 2 is 1.63 bits per heavy atom. The van der Waals surface area contributed by atoms with Gasteiger partial charge in [-0.1, -0.05) is 45.9 Å². The third-order valence-electron chi connectivity index (χ3n) is 6.74. The van der Waals surface area contributed by atoms with Crippen LogP contribution >= 0.6 is 0 Å². The quantitative estimate of drug-likeness (QED) is 0.371. The summed E-state index contributed by atoms with van der Waals surface area (Å²) in [6.07, 6.45) is 1.16. The fourth-order valence-corrected chi connectivity index (χ4v) is 4.44. The molecule has 2 nitrogen and oxygen atoms in total. The van der Waals surface area contributed by atoms with Gasteiger partial charge in [-0.3, -0.25) is 4.98 Å². The van der Waals surface area contributed by atoms with E-state index in [9.17, 15) is 0 Å². The average Bonchev–Trinajstić information content (AvgIpc) is 3.09. The molecule has 4 aromatic rings. The van der Waals surface area contributed by atoms with Gasteiger partial charge in [0, 0.05) is 30.8 Å². The number of nitrogens with zero attached hydrogens (tertiary/aromatic N) is 1. The molecule has 2 heteroatoms. The third-order valence-corrected chi connectivity index (χ3v) is 6.74. The normalized spacial score (nSPS) is 21.3. The molecule has 0 unspecified atom stereocenters. The zero-order valence-corrected chi connectivity index (χ0v) is 15.9. The van der Waals surface area contributed by atoms with E-state index in [-0.39, 0.29) is 22.0 Å². The fourth-order valence-electron chi connectivity index (χ4n) is 4.44. The molecule has 27 heavy (non-hydrogen) atoms. The van der Waals surface area contributed by atoms with Crippen LogP contribution in [-0.2, 0) is 10.8 Å². The first-order valence-corrected chi connectivity index (χ1v) is 9.16. The molecule has 0 aliphatic heterocycles. The van der Waals surface area contributed by atoms with Crippen molar-refractivity contribution in [2.75, 3.05) is 0 Å². The lowest BCUT2D eigenvalue weighted by Gasteiger charge is -2.46. The van der Waals surface area contributed by atoms with Gasteiger partial charge >= 0.3 is 0 Å². The lowest BCUT2D eigenvalue weighted by Crippen LogP contribution is -2.42. The SMILES string of the molecule is [2H]C([2H])([2H])c1cnc(-c2ccc3c4c2oc2cccc(c24)C(C)(C)C3(C)C)cc1C([2H])([2H])[2H]. The second-order valence-electron chi connectivity index (χ2n) is 8.51. The molecule has 5 rings (SSSR count). The first kappa shape index (κ1) is 11.3. The van der Waals surface area contributed by atoms with Gasteiger partial charge in [-0.2, -0.15) is 0 Å². The highest BCUT2D eigenvalue weighted by Gasteiger charge is 2.46. The zero-order valence-electron chi connectivity index (χ0n) is 21.9. The van der Waals surface area contributed by atoms with Crippen LogP contribution in [0.4, 0.5) is 0 Å². The van der Waals surface area contributed by atoms with Crippen molar-refractivity contribution in [3.63, 3.8) is 0 Å². The Morgan fingerprint density at radius 3 is 2.37 bits per heavy atom. The molecule has 2 aromatic carbocycles. The molecule has 0 saturated carbocycles. The molecule has 0 N–H and O–H groups in total. The van der Waals surface area contributed by atoms with Gasteiger partial charge in [-0.05, 0) is 65.0 Å². The molecular formula is C25H25NO. The van der Waals surface area contributed by atoms with Crippen molar-refractivity contribution < 1.29 is 12.6 Å². The minimum absolute atomic E-state index is 0.133. The van der Waals surface area contributed by atoms with Crippen LogP contribution in [0.5, 0.6) is 0 Å². The number of benzene rings is 2. The molecule has 1 aliphatic carbocycles. The van der Waals surface area contributed by atoms with Crippen molar-refractivity contribution in [3.8, 4) is 11.3 Å². The molecule has 136 valence electrons. The first-order valence-electron chi connectivity index (χ1n) is 12.2. The summed E-state index contributed by atoms with van der Waals surface area (Å²) in [7, 11) is 0. The molecule has 1 aliphatic rings. The summed E-state index contributed by atoms with van der Waals surface area (Å²) in [6, 6.07) is 11.4. The van der Waals surface area contributed by atoms with Crippen molar-refractivity contribution in [2.45, 2.75) is 52.2 Å². The number of furan rings is 1. The summed E-state index contributed by atoms with van der Waals surface area (Å²) in [4.78, 5) is 4.37. The molecule has 0 fully saturated rings. The van der Waals surface area contributed by atoms with Crippen molar-refractivity contribution in [1.29, 1.82) is 0 Å². The van der Waals surface area contributed by atoms with Crippen LogP contribution in [-0.4, -0.2) is 4.98 Å². The van der Waals surface area contributed by atoms with Crippen LogP contribution in [0, 0.1) is 13.7 Å². The van der Waals surface area contributed by atoms with E-state index in [0.717, 1.165) is 22.6 Å². The topological polar surface area (TPSA) is 26.0 Å². The number of rotatable bonds is 1. The average molecular weight is 362 g/mol. The molecule has 0 spiro atoms. The highest BCUT2D eigenvalue weighted by molar-refractivity contribution is 6.14. The highest BCUT2D eigenvalue weighted by Crippen LogP contribution is 2.55. The maximum atomic E-state index is 7.90. The summed E-state index contributed by atoms with van der Waals surface area (Å²) in [5.74, 6) is 0. The van der Waals surface area contributed by atoms with E-state index in [4.69, 9.17) is 12.6 Å². The van der Waals surface area contributed by atoms with Gasteiger partial charge in [0.2, 0.25) is 0 Å². The molecule has 2 aromatic heterocycles. The minimum Gasteiger partial charge on any atom is -0.455 e. The maximum absolute atomic E-state index is 7.90. The third kappa shape index (κ3) is 1.93.